The minimum atomic E-state index is -0.604. The van der Waals surface area contributed by atoms with Gasteiger partial charge in [0.25, 0.3) is 0 Å². The average Bonchev–Trinajstić information content (AvgIpc) is 2.33. The fraction of sp³-hybridized carbons (Fsp3) is 0. The smallest absolute Gasteiger partial charge is 0.323 e. The zero-order valence-electron chi connectivity index (χ0n) is 9.51. The molecule has 0 aliphatic rings. The Balaban J connectivity index is 2.52. The van der Waals surface area contributed by atoms with Gasteiger partial charge >= 0.3 is 6.03 Å². The van der Waals surface area contributed by atoms with E-state index in [1.165, 1.54) is 4.90 Å². The van der Waals surface area contributed by atoms with E-state index >= 15 is 0 Å². The van der Waals surface area contributed by atoms with Gasteiger partial charge in [0.15, 0.2) is 0 Å². The highest BCUT2D eigenvalue weighted by atomic mass is 35.5. The zero-order chi connectivity index (χ0) is 13.1. The second-order valence-electron chi connectivity index (χ2n) is 3.72. The Labute approximate surface area is 110 Å². The lowest BCUT2D eigenvalue weighted by Crippen LogP contribution is -2.31. The Morgan fingerprint density at radius 2 is 1.78 bits per heavy atom. The number of benzene rings is 2. The molecule has 0 radical (unpaired) electrons. The van der Waals surface area contributed by atoms with Crippen LogP contribution in [0, 0.1) is 0 Å². The highest BCUT2D eigenvalue weighted by Gasteiger charge is 2.17. The maximum absolute atomic E-state index is 11.6. The van der Waals surface area contributed by atoms with Crippen molar-refractivity contribution >= 4 is 34.7 Å². The number of anilines is 3. The molecule has 0 aliphatic carbocycles. The SMILES string of the molecule is NC(=O)N(c1ccccc1)c1ccc(N)cc1Cl. The number of para-hydroxylation sites is 1. The Bertz CT molecular complexity index is 572. The summed E-state index contributed by atoms with van der Waals surface area (Å²) in [6.07, 6.45) is 0. The molecule has 0 unspecified atom stereocenters. The molecule has 92 valence electrons. The molecule has 0 saturated heterocycles. The van der Waals surface area contributed by atoms with E-state index in [1.54, 1.807) is 30.3 Å². The highest BCUT2D eigenvalue weighted by Crippen LogP contribution is 2.32. The fourth-order valence-electron chi connectivity index (χ4n) is 1.67. The number of nitrogens with zero attached hydrogens (tertiary/aromatic N) is 1. The molecular formula is C13H12ClN3O. The maximum atomic E-state index is 11.6. The van der Waals surface area contributed by atoms with Crippen molar-refractivity contribution in [2.45, 2.75) is 0 Å². The van der Waals surface area contributed by atoms with Gasteiger partial charge in [-0.25, -0.2) is 4.79 Å². The average molecular weight is 262 g/mol. The molecule has 2 aromatic rings. The number of amides is 2. The molecule has 0 fully saturated rings. The number of urea groups is 1. The van der Waals surface area contributed by atoms with Gasteiger partial charge in [0.05, 0.1) is 16.4 Å². The Kier molecular flexibility index (Phi) is 3.39. The molecule has 18 heavy (non-hydrogen) atoms. The molecule has 2 aromatic carbocycles. The topological polar surface area (TPSA) is 72.4 Å². The van der Waals surface area contributed by atoms with E-state index in [1.807, 2.05) is 18.2 Å². The Hall–Kier alpha value is -2.20. The third-order valence-electron chi connectivity index (χ3n) is 2.45. The summed E-state index contributed by atoms with van der Waals surface area (Å²) in [7, 11) is 0. The summed E-state index contributed by atoms with van der Waals surface area (Å²) in [6.45, 7) is 0. The van der Waals surface area contributed by atoms with Crippen LogP contribution < -0.4 is 16.4 Å². The molecule has 0 atom stereocenters. The van der Waals surface area contributed by atoms with E-state index in [0.29, 0.717) is 22.1 Å². The number of halogens is 1. The first kappa shape index (κ1) is 12.3. The van der Waals surface area contributed by atoms with Crippen molar-refractivity contribution in [1.29, 1.82) is 0 Å². The highest BCUT2D eigenvalue weighted by molar-refractivity contribution is 6.34. The lowest BCUT2D eigenvalue weighted by atomic mass is 10.2. The minimum Gasteiger partial charge on any atom is -0.399 e. The summed E-state index contributed by atoms with van der Waals surface area (Å²) in [5.41, 5.74) is 12.7. The summed E-state index contributed by atoms with van der Waals surface area (Å²) in [6, 6.07) is 13.3. The van der Waals surface area contributed by atoms with Crippen molar-refractivity contribution in [3.8, 4) is 0 Å². The van der Waals surface area contributed by atoms with Crippen LogP contribution in [-0.4, -0.2) is 6.03 Å². The van der Waals surface area contributed by atoms with E-state index in [-0.39, 0.29) is 0 Å². The van der Waals surface area contributed by atoms with Gasteiger partial charge in [-0.15, -0.1) is 0 Å². The quantitative estimate of drug-likeness (QED) is 0.815. The largest absolute Gasteiger partial charge is 0.399 e. The van der Waals surface area contributed by atoms with Crippen LogP contribution in [0.5, 0.6) is 0 Å². The number of hydrogen-bond donors (Lipinski definition) is 2. The zero-order valence-corrected chi connectivity index (χ0v) is 10.3. The first-order valence-electron chi connectivity index (χ1n) is 5.29. The minimum absolute atomic E-state index is 0.373. The number of primary amides is 1. The Morgan fingerprint density at radius 1 is 1.11 bits per heavy atom. The number of rotatable bonds is 2. The van der Waals surface area contributed by atoms with Crippen LogP contribution in [0.25, 0.3) is 0 Å². The fourth-order valence-corrected chi connectivity index (χ4v) is 1.94. The van der Waals surface area contributed by atoms with E-state index in [0.717, 1.165) is 0 Å². The lowest BCUT2D eigenvalue weighted by Gasteiger charge is -2.21. The molecule has 5 heteroatoms. The summed E-state index contributed by atoms with van der Waals surface area (Å²) >= 11 is 6.09. The van der Waals surface area contributed by atoms with Crippen molar-refractivity contribution in [3.05, 3.63) is 53.6 Å². The third kappa shape index (κ3) is 2.38. The van der Waals surface area contributed by atoms with Crippen molar-refractivity contribution in [2.75, 3.05) is 10.6 Å². The summed E-state index contributed by atoms with van der Waals surface area (Å²) in [5.74, 6) is 0. The van der Waals surface area contributed by atoms with E-state index in [2.05, 4.69) is 0 Å². The van der Waals surface area contributed by atoms with Gasteiger partial charge in [-0.05, 0) is 30.3 Å². The van der Waals surface area contributed by atoms with Crippen molar-refractivity contribution < 1.29 is 4.79 Å². The van der Waals surface area contributed by atoms with Crippen LogP contribution in [0.4, 0.5) is 21.9 Å². The molecule has 0 heterocycles. The number of carbonyl (C=O) groups excluding carboxylic acids is 1. The van der Waals surface area contributed by atoms with E-state index in [4.69, 9.17) is 23.1 Å². The van der Waals surface area contributed by atoms with E-state index in [9.17, 15) is 4.79 Å². The van der Waals surface area contributed by atoms with Crippen molar-refractivity contribution in [2.24, 2.45) is 5.73 Å². The molecule has 0 spiro atoms. The normalized spacial score (nSPS) is 10.1. The van der Waals surface area contributed by atoms with E-state index < -0.39 is 6.03 Å². The van der Waals surface area contributed by atoms with Gasteiger partial charge < -0.3 is 11.5 Å². The third-order valence-corrected chi connectivity index (χ3v) is 2.75. The van der Waals surface area contributed by atoms with Gasteiger partial charge in [0.2, 0.25) is 0 Å². The molecule has 2 rings (SSSR count). The number of nitrogens with two attached hydrogens (primary N) is 2. The first-order valence-corrected chi connectivity index (χ1v) is 5.67. The molecule has 0 saturated carbocycles. The molecule has 4 nitrogen and oxygen atoms in total. The molecule has 0 aliphatic heterocycles. The lowest BCUT2D eigenvalue weighted by molar-refractivity contribution is 0.256. The predicted octanol–water partition coefficient (Wildman–Crippen LogP) is 3.14. The van der Waals surface area contributed by atoms with Crippen LogP contribution in [0.3, 0.4) is 0 Å². The van der Waals surface area contributed by atoms with Crippen LogP contribution in [0.2, 0.25) is 5.02 Å². The van der Waals surface area contributed by atoms with Crippen molar-refractivity contribution in [3.63, 3.8) is 0 Å². The van der Waals surface area contributed by atoms with Crippen LogP contribution in [0.1, 0.15) is 0 Å². The second-order valence-corrected chi connectivity index (χ2v) is 4.13. The number of hydrogen-bond acceptors (Lipinski definition) is 2. The predicted molar refractivity (Wildman–Crippen MR) is 74.0 cm³/mol. The molecule has 0 aromatic heterocycles. The maximum Gasteiger partial charge on any atom is 0.323 e. The molecule has 0 bridgehead atoms. The van der Waals surface area contributed by atoms with Crippen LogP contribution >= 0.6 is 11.6 Å². The first-order chi connectivity index (χ1) is 8.59. The molecule has 2 amide bonds. The van der Waals surface area contributed by atoms with Crippen LogP contribution in [0.15, 0.2) is 48.5 Å². The molecule has 4 N–H and O–H groups in total. The van der Waals surface area contributed by atoms with Crippen molar-refractivity contribution in [1.82, 2.24) is 0 Å². The Morgan fingerprint density at radius 3 is 2.33 bits per heavy atom. The number of nitrogen functional groups attached to an aromatic ring is 1. The monoisotopic (exact) mass is 261 g/mol. The summed E-state index contributed by atoms with van der Waals surface area (Å²) in [4.78, 5) is 12.9. The number of carbonyl (C=O) groups is 1. The van der Waals surface area contributed by atoms with Gasteiger partial charge in [-0.3, -0.25) is 4.90 Å². The van der Waals surface area contributed by atoms with Gasteiger partial charge in [0, 0.05) is 5.69 Å². The standard InChI is InChI=1S/C13H12ClN3O/c14-11-8-9(15)6-7-12(11)17(13(16)18)10-4-2-1-3-5-10/h1-8H,15H2,(H2,16,18). The summed E-state index contributed by atoms with van der Waals surface area (Å²) < 4.78 is 0. The van der Waals surface area contributed by atoms with Gasteiger partial charge in [-0.2, -0.15) is 0 Å². The van der Waals surface area contributed by atoms with Gasteiger partial charge in [-0.1, -0.05) is 29.8 Å². The second kappa shape index (κ2) is 4.98. The van der Waals surface area contributed by atoms with Crippen LogP contribution in [-0.2, 0) is 0 Å². The van der Waals surface area contributed by atoms with Gasteiger partial charge in [0.1, 0.15) is 0 Å². The molecular weight excluding hydrogens is 250 g/mol. The summed E-state index contributed by atoms with van der Waals surface area (Å²) in [5, 5.41) is 0.373.